The molecule has 1 heterocycles. The summed E-state index contributed by atoms with van der Waals surface area (Å²) in [6.45, 7) is 1.31. The summed E-state index contributed by atoms with van der Waals surface area (Å²) in [4.78, 5) is 12.3. The molecular weight excluding hydrogens is 286 g/mol. The molecule has 0 saturated carbocycles. The zero-order chi connectivity index (χ0) is 15.9. The van der Waals surface area contributed by atoms with Crippen molar-refractivity contribution in [1.29, 1.82) is 0 Å². The molecule has 2 aromatic carbocycles. The van der Waals surface area contributed by atoms with Gasteiger partial charge in [-0.1, -0.05) is 48.5 Å². The second-order valence-electron chi connectivity index (χ2n) is 5.18. The van der Waals surface area contributed by atoms with E-state index in [4.69, 9.17) is 4.74 Å². The fourth-order valence-corrected chi connectivity index (χ4v) is 2.30. The number of carbonyl (C=O) groups excluding carboxylic acids is 1. The third kappa shape index (κ3) is 4.04. The maximum Gasteiger partial charge on any atom is 0.193 e. The van der Waals surface area contributed by atoms with E-state index in [1.54, 1.807) is 0 Å². The molecule has 0 radical (unpaired) electrons. The van der Waals surface area contributed by atoms with E-state index in [-0.39, 0.29) is 5.78 Å². The molecule has 0 aliphatic heterocycles. The molecule has 0 saturated heterocycles. The van der Waals surface area contributed by atoms with Crippen LogP contribution in [0.2, 0.25) is 0 Å². The average Bonchev–Trinajstić information content (AvgIpc) is 2.63. The lowest BCUT2D eigenvalue weighted by Gasteiger charge is -2.04. The van der Waals surface area contributed by atoms with Crippen molar-refractivity contribution in [3.63, 3.8) is 0 Å². The van der Waals surface area contributed by atoms with Crippen LogP contribution in [0.25, 0.3) is 0 Å². The minimum atomic E-state index is 0.0401. The maximum atomic E-state index is 12.3. The first-order chi connectivity index (χ1) is 11.3. The first-order valence-corrected chi connectivity index (χ1v) is 7.59. The first-order valence-electron chi connectivity index (χ1n) is 7.59. The van der Waals surface area contributed by atoms with E-state index >= 15 is 0 Å². The van der Waals surface area contributed by atoms with Crippen LogP contribution in [0.5, 0.6) is 5.75 Å². The van der Waals surface area contributed by atoms with Crippen molar-refractivity contribution >= 4 is 5.78 Å². The highest BCUT2D eigenvalue weighted by Crippen LogP contribution is 2.09. The Labute approximate surface area is 135 Å². The van der Waals surface area contributed by atoms with Gasteiger partial charge in [0.15, 0.2) is 24.7 Å². The Morgan fingerprint density at radius 2 is 1.35 bits per heavy atom. The number of ketones is 1. The zero-order valence-electron chi connectivity index (χ0n) is 12.8. The van der Waals surface area contributed by atoms with E-state index in [0.717, 1.165) is 12.3 Å². The van der Waals surface area contributed by atoms with Crippen LogP contribution in [0.4, 0.5) is 0 Å². The molecule has 3 heteroatoms. The van der Waals surface area contributed by atoms with Gasteiger partial charge in [0, 0.05) is 23.3 Å². The molecule has 0 spiro atoms. The Morgan fingerprint density at radius 1 is 0.783 bits per heavy atom. The molecule has 0 fully saturated rings. The predicted molar refractivity (Wildman–Crippen MR) is 88.4 cm³/mol. The van der Waals surface area contributed by atoms with Crippen molar-refractivity contribution in [2.45, 2.75) is 6.54 Å². The number of aromatic nitrogens is 1. The van der Waals surface area contributed by atoms with Crippen LogP contribution >= 0.6 is 0 Å². The Kier molecular flexibility index (Phi) is 4.79. The van der Waals surface area contributed by atoms with Gasteiger partial charge in [-0.05, 0) is 12.1 Å². The van der Waals surface area contributed by atoms with Crippen molar-refractivity contribution in [1.82, 2.24) is 0 Å². The molecule has 0 N–H and O–H groups in total. The van der Waals surface area contributed by atoms with Gasteiger partial charge in [-0.15, -0.1) is 0 Å². The van der Waals surface area contributed by atoms with Gasteiger partial charge in [0.1, 0.15) is 12.4 Å². The summed E-state index contributed by atoms with van der Waals surface area (Å²) in [5.41, 5.74) is 1.40. The van der Waals surface area contributed by atoms with E-state index in [1.807, 2.05) is 89.8 Å². The molecule has 0 unspecified atom stereocenters. The molecule has 0 amide bonds. The van der Waals surface area contributed by atoms with Crippen LogP contribution in [0.1, 0.15) is 15.9 Å². The largest absolute Gasteiger partial charge is 0.487 e. The van der Waals surface area contributed by atoms with Crippen LogP contribution in [-0.4, -0.2) is 12.4 Å². The molecule has 0 aliphatic carbocycles. The van der Waals surface area contributed by atoms with Crippen LogP contribution in [0.3, 0.4) is 0 Å². The normalized spacial score (nSPS) is 10.3. The van der Waals surface area contributed by atoms with Gasteiger partial charge in [0.25, 0.3) is 0 Å². The lowest BCUT2D eigenvalue weighted by Crippen LogP contribution is -2.36. The van der Waals surface area contributed by atoms with E-state index in [9.17, 15) is 4.79 Å². The summed E-state index contributed by atoms with van der Waals surface area (Å²) >= 11 is 0. The number of pyridine rings is 1. The second kappa shape index (κ2) is 7.36. The standard InChI is InChI=1S/C20H18NO2/c22-20(17-7-3-1-4-8-17)18-11-13-21(14-12-18)15-16-23-19-9-5-2-6-10-19/h1-14H,15-16H2/q+1. The minimum absolute atomic E-state index is 0.0401. The summed E-state index contributed by atoms with van der Waals surface area (Å²) in [5.74, 6) is 0.905. The average molecular weight is 304 g/mol. The third-order valence-corrected chi connectivity index (χ3v) is 3.55. The summed E-state index contributed by atoms with van der Waals surface area (Å²) in [5, 5.41) is 0. The van der Waals surface area contributed by atoms with E-state index in [0.29, 0.717) is 17.7 Å². The molecule has 0 bridgehead atoms. The third-order valence-electron chi connectivity index (χ3n) is 3.55. The number of hydrogen-bond acceptors (Lipinski definition) is 2. The maximum absolute atomic E-state index is 12.3. The fraction of sp³-hybridized carbons (Fsp3) is 0.100. The topological polar surface area (TPSA) is 30.2 Å². The number of ether oxygens (including phenoxy) is 1. The van der Waals surface area contributed by atoms with Crippen LogP contribution in [0.15, 0.2) is 85.2 Å². The highest BCUT2D eigenvalue weighted by atomic mass is 16.5. The number of nitrogens with zero attached hydrogens (tertiary/aromatic N) is 1. The van der Waals surface area contributed by atoms with E-state index < -0.39 is 0 Å². The number of para-hydroxylation sites is 1. The summed E-state index contributed by atoms with van der Waals surface area (Å²) in [6, 6.07) is 22.7. The second-order valence-corrected chi connectivity index (χ2v) is 5.18. The number of rotatable bonds is 6. The highest BCUT2D eigenvalue weighted by molar-refractivity contribution is 6.08. The summed E-state index contributed by atoms with van der Waals surface area (Å²) < 4.78 is 7.67. The van der Waals surface area contributed by atoms with Crippen molar-refractivity contribution in [3.05, 3.63) is 96.3 Å². The number of carbonyl (C=O) groups is 1. The van der Waals surface area contributed by atoms with E-state index in [2.05, 4.69) is 0 Å². The molecule has 3 nitrogen and oxygen atoms in total. The molecule has 3 rings (SSSR count). The quantitative estimate of drug-likeness (QED) is 0.517. The number of hydrogen-bond donors (Lipinski definition) is 0. The fourth-order valence-electron chi connectivity index (χ4n) is 2.30. The lowest BCUT2D eigenvalue weighted by molar-refractivity contribution is -0.697. The van der Waals surface area contributed by atoms with Crippen LogP contribution in [-0.2, 0) is 6.54 Å². The Hall–Kier alpha value is -2.94. The first kappa shape index (κ1) is 15.0. The van der Waals surface area contributed by atoms with Crippen LogP contribution < -0.4 is 9.30 Å². The molecule has 0 aliphatic rings. The van der Waals surface area contributed by atoms with Gasteiger partial charge in [-0.25, -0.2) is 4.57 Å². The van der Waals surface area contributed by atoms with Gasteiger partial charge in [-0.3, -0.25) is 4.79 Å². The molecule has 1 aromatic heterocycles. The van der Waals surface area contributed by atoms with Crippen LogP contribution in [0, 0.1) is 0 Å². The molecule has 23 heavy (non-hydrogen) atoms. The monoisotopic (exact) mass is 304 g/mol. The Bertz CT molecular complexity index is 753. The molecule has 0 atom stereocenters. The summed E-state index contributed by atoms with van der Waals surface area (Å²) in [7, 11) is 0. The Balaban J connectivity index is 1.58. The van der Waals surface area contributed by atoms with Crippen molar-refractivity contribution in [2.75, 3.05) is 6.61 Å². The highest BCUT2D eigenvalue weighted by Gasteiger charge is 2.10. The van der Waals surface area contributed by atoms with Gasteiger partial charge in [0.2, 0.25) is 0 Å². The number of benzene rings is 2. The SMILES string of the molecule is O=C(c1ccccc1)c1cc[n+](CCOc2ccccc2)cc1. The van der Waals surface area contributed by atoms with Gasteiger partial charge >= 0.3 is 0 Å². The lowest BCUT2D eigenvalue weighted by atomic mass is 10.0. The van der Waals surface area contributed by atoms with E-state index in [1.165, 1.54) is 0 Å². The van der Waals surface area contributed by atoms with Gasteiger partial charge in [-0.2, -0.15) is 0 Å². The zero-order valence-corrected chi connectivity index (χ0v) is 12.8. The van der Waals surface area contributed by atoms with Gasteiger partial charge in [0.05, 0.1) is 0 Å². The van der Waals surface area contributed by atoms with Gasteiger partial charge < -0.3 is 4.74 Å². The smallest absolute Gasteiger partial charge is 0.193 e. The predicted octanol–water partition coefficient (Wildman–Crippen LogP) is 3.28. The van der Waals surface area contributed by atoms with Crippen molar-refractivity contribution in [2.24, 2.45) is 0 Å². The Morgan fingerprint density at radius 3 is 2.00 bits per heavy atom. The van der Waals surface area contributed by atoms with Crippen molar-refractivity contribution < 1.29 is 14.1 Å². The molecular formula is C20H18NO2+. The summed E-state index contributed by atoms with van der Waals surface area (Å²) in [6.07, 6.45) is 3.81. The molecule has 3 aromatic rings. The molecule has 114 valence electrons. The minimum Gasteiger partial charge on any atom is -0.487 e. The van der Waals surface area contributed by atoms with Crippen molar-refractivity contribution in [3.8, 4) is 5.75 Å².